The second-order valence-corrected chi connectivity index (χ2v) is 1.99. The molecule has 0 bridgehead atoms. The molecule has 12 heavy (non-hydrogen) atoms. The number of amides is 1. The molecule has 0 aromatic heterocycles. The monoisotopic (exact) mass is 247 g/mol. The number of rotatable bonds is 6. The van der Waals surface area contributed by atoms with Crippen molar-refractivity contribution in [2.24, 2.45) is 0 Å². The van der Waals surface area contributed by atoms with Gasteiger partial charge in [0, 0.05) is 52.8 Å². The molecule has 0 unspecified atom stereocenters. The number of carbonyl (C=O) groups excluding carboxylic acids is 2. The maximum absolute atomic E-state index is 10.3. The number of ether oxygens (including phenoxy) is 1. The van der Waals surface area contributed by atoms with Crippen molar-refractivity contribution in [3.05, 3.63) is 0 Å². The minimum atomic E-state index is -0.0736. The summed E-state index contributed by atoms with van der Waals surface area (Å²) < 4.78 is 4.95. The molecule has 4 nitrogen and oxygen atoms in total. The zero-order chi connectivity index (χ0) is 8.53. The van der Waals surface area contributed by atoms with Crippen LogP contribution in [0.4, 0.5) is 0 Å². The van der Waals surface area contributed by atoms with Gasteiger partial charge in [-0.3, -0.25) is 11.1 Å². The fourth-order valence-corrected chi connectivity index (χ4v) is 0.515. The van der Waals surface area contributed by atoms with E-state index < -0.39 is 0 Å². The van der Waals surface area contributed by atoms with E-state index in [0.717, 1.165) is 0 Å². The molecule has 0 fully saturated rings. The van der Waals surface area contributed by atoms with Crippen molar-refractivity contribution in [2.45, 2.75) is 13.3 Å². The van der Waals surface area contributed by atoms with E-state index in [9.17, 15) is 9.59 Å². The smallest absolute Gasteiger partial charge is 0.216 e. The Labute approximate surface area is 97.3 Å². The van der Waals surface area contributed by atoms with Crippen LogP contribution in [0, 0.1) is 0 Å². The van der Waals surface area contributed by atoms with Crippen LogP contribution in [0.25, 0.3) is 0 Å². The first-order valence-corrected chi connectivity index (χ1v) is 3.44. The third kappa shape index (κ3) is 12.8. The standard InChI is InChI=1S/C7H12NO3.Y/c1-7(10)8-3-6-11-5-2-4-9;/h2-3,5-6H2,1H3,(H,8,10);/q-1;. The van der Waals surface area contributed by atoms with Crippen molar-refractivity contribution in [1.29, 1.82) is 0 Å². The Balaban J connectivity index is 0. The van der Waals surface area contributed by atoms with Crippen LogP contribution < -0.4 is 5.32 Å². The van der Waals surface area contributed by atoms with Crippen LogP contribution >= 0.6 is 0 Å². The molecule has 1 N–H and O–H groups in total. The van der Waals surface area contributed by atoms with Gasteiger partial charge in [-0.15, -0.1) is 6.42 Å². The van der Waals surface area contributed by atoms with Crippen molar-refractivity contribution in [3.8, 4) is 0 Å². The van der Waals surface area contributed by atoms with Gasteiger partial charge in [-0.1, -0.05) is 0 Å². The van der Waals surface area contributed by atoms with Gasteiger partial charge < -0.3 is 14.8 Å². The van der Waals surface area contributed by atoms with Gasteiger partial charge in [0.05, 0.1) is 6.61 Å². The van der Waals surface area contributed by atoms with E-state index in [4.69, 9.17) is 4.74 Å². The zero-order valence-electron chi connectivity index (χ0n) is 7.13. The Bertz CT molecular complexity index is 130. The van der Waals surface area contributed by atoms with Gasteiger partial charge in [0.25, 0.3) is 0 Å². The zero-order valence-corrected chi connectivity index (χ0v) is 9.97. The van der Waals surface area contributed by atoms with Crippen molar-refractivity contribution in [3.63, 3.8) is 0 Å². The van der Waals surface area contributed by atoms with Crippen LogP contribution in [-0.4, -0.2) is 32.0 Å². The van der Waals surface area contributed by atoms with Crippen LogP contribution in [0.3, 0.4) is 0 Å². The second-order valence-electron chi connectivity index (χ2n) is 1.99. The first-order valence-electron chi connectivity index (χ1n) is 3.44. The minimum absolute atomic E-state index is 0. The Morgan fingerprint density at radius 1 is 1.50 bits per heavy atom. The summed E-state index contributed by atoms with van der Waals surface area (Å²) in [6.07, 6.45) is 2.00. The minimum Gasteiger partial charge on any atom is -0.542 e. The van der Waals surface area contributed by atoms with Crippen molar-refractivity contribution >= 4 is 12.2 Å². The molecule has 0 aliphatic rings. The molecule has 0 aromatic carbocycles. The predicted molar refractivity (Wildman–Crippen MR) is 39.8 cm³/mol. The predicted octanol–water partition coefficient (Wildman–Crippen LogP) is -0.364. The molecule has 0 aliphatic heterocycles. The van der Waals surface area contributed by atoms with Crippen LogP contribution in [0.15, 0.2) is 0 Å². The van der Waals surface area contributed by atoms with Crippen LogP contribution in [0.1, 0.15) is 13.3 Å². The largest absolute Gasteiger partial charge is 0.542 e. The van der Waals surface area contributed by atoms with E-state index in [1.807, 2.05) is 0 Å². The molecule has 0 spiro atoms. The SMILES string of the molecule is CC(=O)NCCOCC[C-]=O.[Y]. The van der Waals surface area contributed by atoms with Gasteiger partial charge in [-0.2, -0.15) is 0 Å². The molecule has 0 rings (SSSR count). The third-order valence-electron chi connectivity index (χ3n) is 0.969. The Morgan fingerprint density at radius 2 is 2.17 bits per heavy atom. The summed E-state index contributed by atoms with van der Waals surface area (Å²) in [5.41, 5.74) is 0. The summed E-state index contributed by atoms with van der Waals surface area (Å²) in [6, 6.07) is 0. The average Bonchev–Trinajstić information content (AvgIpc) is 1.96. The summed E-state index contributed by atoms with van der Waals surface area (Å²) in [6.45, 7) is 2.76. The molecule has 1 amide bonds. The van der Waals surface area contributed by atoms with E-state index in [0.29, 0.717) is 26.2 Å². The molecule has 0 aromatic rings. The molecule has 0 atom stereocenters. The van der Waals surface area contributed by atoms with E-state index in [1.54, 1.807) is 6.29 Å². The van der Waals surface area contributed by atoms with Gasteiger partial charge in [-0.25, -0.2) is 0 Å². The molecule has 0 heterocycles. The van der Waals surface area contributed by atoms with Crippen molar-refractivity contribution in [1.82, 2.24) is 5.32 Å². The molecule has 67 valence electrons. The first-order chi connectivity index (χ1) is 5.27. The summed E-state index contributed by atoms with van der Waals surface area (Å²) in [5, 5.41) is 2.56. The van der Waals surface area contributed by atoms with Gasteiger partial charge in [0.1, 0.15) is 0 Å². The topological polar surface area (TPSA) is 55.4 Å². The molecule has 0 aliphatic carbocycles. The number of hydrogen-bond acceptors (Lipinski definition) is 3. The van der Waals surface area contributed by atoms with Gasteiger partial charge >= 0.3 is 0 Å². The number of nitrogens with one attached hydrogen (secondary N) is 1. The van der Waals surface area contributed by atoms with Gasteiger partial charge in [0.2, 0.25) is 5.91 Å². The molecule has 1 radical (unpaired) electrons. The Kier molecular flexibility index (Phi) is 13.7. The van der Waals surface area contributed by atoms with Gasteiger partial charge in [-0.05, 0) is 0 Å². The molecule has 0 saturated carbocycles. The van der Waals surface area contributed by atoms with Crippen LogP contribution in [0.2, 0.25) is 0 Å². The van der Waals surface area contributed by atoms with Crippen LogP contribution in [0.5, 0.6) is 0 Å². The first kappa shape index (κ1) is 14.7. The molecular formula is C7H12NO3Y-. The maximum atomic E-state index is 10.3. The van der Waals surface area contributed by atoms with E-state index in [1.165, 1.54) is 6.92 Å². The van der Waals surface area contributed by atoms with E-state index in [2.05, 4.69) is 5.32 Å². The maximum Gasteiger partial charge on any atom is 0.216 e. The summed E-state index contributed by atoms with van der Waals surface area (Å²) >= 11 is 0. The summed E-state index contributed by atoms with van der Waals surface area (Å²) in [5.74, 6) is -0.0736. The molecule has 0 saturated heterocycles. The average molecular weight is 247 g/mol. The quantitative estimate of drug-likeness (QED) is 0.515. The second kappa shape index (κ2) is 11.2. The van der Waals surface area contributed by atoms with Crippen LogP contribution in [-0.2, 0) is 47.0 Å². The number of carbonyl (C=O) groups is 1. The van der Waals surface area contributed by atoms with Crippen molar-refractivity contribution in [2.75, 3.05) is 19.8 Å². The Morgan fingerprint density at radius 3 is 2.67 bits per heavy atom. The molecule has 5 heteroatoms. The van der Waals surface area contributed by atoms with E-state index in [-0.39, 0.29) is 38.6 Å². The third-order valence-corrected chi connectivity index (χ3v) is 0.969. The fourth-order valence-electron chi connectivity index (χ4n) is 0.515. The van der Waals surface area contributed by atoms with E-state index >= 15 is 0 Å². The summed E-state index contributed by atoms with van der Waals surface area (Å²) in [4.78, 5) is 20.0. The summed E-state index contributed by atoms with van der Waals surface area (Å²) in [7, 11) is 0. The molecular weight excluding hydrogens is 235 g/mol. The van der Waals surface area contributed by atoms with Gasteiger partial charge in [0.15, 0.2) is 0 Å². The fraction of sp³-hybridized carbons (Fsp3) is 0.714. The number of hydrogen-bond donors (Lipinski definition) is 1. The van der Waals surface area contributed by atoms with Crippen molar-refractivity contribution < 1.29 is 47.0 Å². The Hall–Kier alpha value is 0.204. The normalized spacial score (nSPS) is 8.42.